The van der Waals surface area contributed by atoms with E-state index in [2.05, 4.69) is 22.4 Å². The molecule has 5 nitrogen and oxygen atoms in total. The summed E-state index contributed by atoms with van der Waals surface area (Å²) < 4.78 is 1.90. The van der Waals surface area contributed by atoms with Gasteiger partial charge in [0, 0.05) is 11.6 Å². The van der Waals surface area contributed by atoms with Crippen LogP contribution in [0.15, 0.2) is 30.5 Å². The van der Waals surface area contributed by atoms with Gasteiger partial charge in [-0.05, 0) is 24.5 Å². The summed E-state index contributed by atoms with van der Waals surface area (Å²) in [7, 11) is 0. The maximum absolute atomic E-state index is 13.1. The van der Waals surface area contributed by atoms with E-state index in [1.807, 2.05) is 21.7 Å². The van der Waals surface area contributed by atoms with Crippen molar-refractivity contribution in [3.8, 4) is 0 Å². The van der Waals surface area contributed by atoms with Crippen LogP contribution in [0, 0.1) is 5.92 Å². The van der Waals surface area contributed by atoms with Crippen LogP contribution in [0.2, 0.25) is 0 Å². The van der Waals surface area contributed by atoms with Gasteiger partial charge < -0.3 is 4.90 Å². The molecule has 22 heavy (non-hydrogen) atoms. The zero-order chi connectivity index (χ0) is 14.9. The summed E-state index contributed by atoms with van der Waals surface area (Å²) in [6, 6.07) is 8.15. The number of nitrogens with zero attached hydrogens (tertiary/aromatic N) is 4. The Morgan fingerprint density at radius 1 is 1.09 bits per heavy atom. The van der Waals surface area contributed by atoms with E-state index in [0.717, 1.165) is 29.8 Å². The highest BCUT2D eigenvalue weighted by molar-refractivity contribution is 5.95. The molecule has 1 saturated carbocycles. The van der Waals surface area contributed by atoms with Crippen molar-refractivity contribution in [2.45, 2.75) is 45.2 Å². The number of para-hydroxylation sites is 1. The van der Waals surface area contributed by atoms with Gasteiger partial charge in [0.1, 0.15) is 0 Å². The van der Waals surface area contributed by atoms with Gasteiger partial charge in [-0.1, -0.05) is 42.7 Å². The zero-order valence-corrected chi connectivity index (χ0v) is 12.6. The fraction of sp³-hybridized carbons (Fsp3) is 0.471. The van der Waals surface area contributed by atoms with Crippen LogP contribution in [0.1, 0.15) is 43.4 Å². The van der Waals surface area contributed by atoms with Gasteiger partial charge >= 0.3 is 0 Å². The first-order valence-corrected chi connectivity index (χ1v) is 8.09. The van der Waals surface area contributed by atoms with Crippen molar-refractivity contribution in [3.63, 3.8) is 0 Å². The fourth-order valence-corrected chi connectivity index (χ4v) is 3.62. The molecule has 4 rings (SSSR count). The van der Waals surface area contributed by atoms with Crippen molar-refractivity contribution in [2.24, 2.45) is 5.92 Å². The van der Waals surface area contributed by atoms with Gasteiger partial charge in [-0.3, -0.25) is 4.79 Å². The number of fused-ring (bicyclic) bond motifs is 2. The number of hydrogen-bond acceptors (Lipinski definition) is 3. The molecular formula is C17H20N4O. The van der Waals surface area contributed by atoms with E-state index < -0.39 is 0 Å². The molecule has 114 valence electrons. The first kappa shape index (κ1) is 13.5. The Kier molecular flexibility index (Phi) is 3.41. The van der Waals surface area contributed by atoms with Crippen molar-refractivity contribution in [1.29, 1.82) is 0 Å². The Labute approximate surface area is 129 Å². The zero-order valence-electron chi connectivity index (χ0n) is 12.6. The molecule has 0 bridgehead atoms. The SMILES string of the molecule is O=C(C1CCCCC1)N1Cc2cnnn2Cc2ccccc21. The Balaban J connectivity index is 1.72. The first-order chi connectivity index (χ1) is 10.8. The molecule has 5 heteroatoms. The minimum Gasteiger partial charge on any atom is -0.306 e. The molecule has 2 heterocycles. The van der Waals surface area contributed by atoms with Gasteiger partial charge in [0.05, 0.1) is 25.0 Å². The second-order valence-corrected chi connectivity index (χ2v) is 6.27. The first-order valence-electron chi connectivity index (χ1n) is 8.09. The minimum absolute atomic E-state index is 0.171. The number of amides is 1. The summed E-state index contributed by atoms with van der Waals surface area (Å²) in [5.41, 5.74) is 3.17. The Morgan fingerprint density at radius 3 is 2.77 bits per heavy atom. The van der Waals surface area contributed by atoms with Crippen LogP contribution >= 0.6 is 0 Å². The van der Waals surface area contributed by atoms with Crippen LogP contribution in [0.5, 0.6) is 0 Å². The summed E-state index contributed by atoms with van der Waals surface area (Å²) in [4.78, 5) is 15.0. The van der Waals surface area contributed by atoms with E-state index in [9.17, 15) is 4.79 Å². The average Bonchev–Trinajstić information content (AvgIpc) is 2.94. The van der Waals surface area contributed by atoms with Gasteiger partial charge in [-0.2, -0.15) is 0 Å². The summed E-state index contributed by atoms with van der Waals surface area (Å²) in [6.07, 6.45) is 7.42. The molecule has 1 aromatic carbocycles. The third kappa shape index (κ3) is 2.30. The largest absolute Gasteiger partial charge is 0.306 e. The van der Waals surface area contributed by atoms with Crippen molar-refractivity contribution < 1.29 is 4.79 Å². The molecule has 1 aliphatic carbocycles. The van der Waals surface area contributed by atoms with Crippen LogP contribution in [-0.2, 0) is 17.9 Å². The quantitative estimate of drug-likeness (QED) is 0.813. The van der Waals surface area contributed by atoms with Gasteiger partial charge in [0.15, 0.2) is 0 Å². The second-order valence-electron chi connectivity index (χ2n) is 6.27. The number of carbonyl (C=O) groups excluding carboxylic acids is 1. The van der Waals surface area contributed by atoms with Crippen molar-refractivity contribution in [1.82, 2.24) is 15.0 Å². The van der Waals surface area contributed by atoms with Crippen molar-refractivity contribution >= 4 is 11.6 Å². The highest BCUT2D eigenvalue weighted by atomic mass is 16.2. The number of carbonyl (C=O) groups is 1. The third-order valence-electron chi connectivity index (χ3n) is 4.84. The molecular weight excluding hydrogens is 276 g/mol. The standard InChI is InChI=1S/C17H20N4O/c22-17(13-6-2-1-3-7-13)20-12-15-10-18-19-21(15)11-14-8-4-5-9-16(14)20/h4-5,8-10,13H,1-3,6-7,11-12H2. The maximum atomic E-state index is 13.1. The predicted octanol–water partition coefficient (Wildman–Crippen LogP) is 2.75. The van der Waals surface area contributed by atoms with E-state index in [1.165, 1.54) is 19.3 Å². The molecule has 1 fully saturated rings. The maximum Gasteiger partial charge on any atom is 0.230 e. The Bertz CT molecular complexity index is 687. The highest BCUT2D eigenvalue weighted by Crippen LogP contribution is 2.32. The predicted molar refractivity (Wildman–Crippen MR) is 83.3 cm³/mol. The molecule has 0 N–H and O–H groups in total. The molecule has 0 saturated heterocycles. The normalized spacial score (nSPS) is 18.5. The lowest BCUT2D eigenvalue weighted by Crippen LogP contribution is -2.36. The average molecular weight is 296 g/mol. The van der Waals surface area contributed by atoms with Gasteiger partial charge in [0.25, 0.3) is 0 Å². The third-order valence-corrected chi connectivity index (χ3v) is 4.84. The second kappa shape index (κ2) is 5.55. The summed E-state index contributed by atoms with van der Waals surface area (Å²) in [5.74, 6) is 0.436. The molecule has 1 aromatic heterocycles. The number of rotatable bonds is 1. The lowest BCUT2D eigenvalue weighted by molar-refractivity contribution is -0.123. The number of benzene rings is 1. The molecule has 0 spiro atoms. The lowest BCUT2D eigenvalue weighted by Gasteiger charge is -2.29. The highest BCUT2D eigenvalue weighted by Gasteiger charge is 2.30. The topological polar surface area (TPSA) is 51.0 Å². The Hall–Kier alpha value is -2.17. The van der Waals surface area contributed by atoms with Gasteiger partial charge in [0.2, 0.25) is 5.91 Å². The molecule has 2 aromatic rings. The number of anilines is 1. The van der Waals surface area contributed by atoms with E-state index in [0.29, 0.717) is 13.1 Å². The fourth-order valence-electron chi connectivity index (χ4n) is 3.62. The number of hydrogen-bond donors (Lipinski definition) is 0. The number of aromatic nitrogens is 3. The van der Waals surface area contributed by atoms with Crippen LogP contribution in [0.4, 0.5) is 5.69 Å². The summed E-state index contributed by atoms with van der Waals surface area (Å²) in [6.45, 7) is 1.25. The van der Waals surface area contributed by atoms with Gasteiger partial charge in [-0.25, -0.2) is 4.68 Å². The molecule has 0 atom stereocenters. The van der Waals surface area contributed by atoms with Crippen LogP contribution in [0.25, 0.3) is 0 Å². The molecule has 1 aliphatic heterocycles. The molecule has 1 amide bonds. The molecule has 0 radical (unpaired) electrons. The smallest absolute Gasteiger partial charge is 0.230 e. The molecule has 0 unspecified atom stereocenters. The van der Waals surface area contributed by atoms with Crippen LogP contribution in [0.3, 0.4) is 0 Å². The van der Waals surface area contributed by atoms with E-state index in [4.69, 9.17) is 0 Å². The van der Waals surface area contributed by atoms with Crippen molar-refractivity contribution in [3.05, 3.63) is 41.7 Å². The van der Waals surface area contributed by atoms with E-state index in [1.54, 1.807) is 6.20 Å². The van der Waals surface area contributed by atoms with Gasteiger partial charge in [-0.15, -0.1) is 5.10 Å². The monoisotopic (exact) mass is 296 g/mol. The van der Waals surface area contributed by atoms with Crippen LogP contribution in [-0.4, -0.2) is 20.9 Å². The summed E-state index contributed by atoms with van der Waals surface area (Å²) in [5, 5.41) is 8.15. The van der Waals surface area contributed by atoms with E-state index >= 15 is 0 Å². The van der Waals surface area contributed by atoms with Crippen molar-refractivity contribution in [2.75, 3.05) is 4.90 Å². The Morgan fingerprint density at radius 2 is 1.91 bits per heavy atom. The lowest BCUT2D eigenvalue weighted by atomic mass is 9.88. The molecule has 2 aliphatic rings. The van der Waals surface area contributed by atoms with Crippen LogP contribution < -0.4 is 4.90 Å². The van der Waals surface area contributed by atoms with E-state index in [-0.39, 0.29) is 11.8 Å². The minimum atomic E-state index is 0.171. The summed E-state index contributed by atoms with van der Waals surface area (Å²) >= 11 is 0.